The molecule has 2 heterocycles. The standard InChI is InChI=1S/C27H32N4OS/c1-22-6-8-24(9-7-22)20-33-21-27(32)29-25-4-2-3-5-26(25)31-18-16-30(17-19-31)15-12-23-10-13-28-14-11-23/h2-11,13-14H,12,15-21H2,1H3,(H,29,32). The highest BCUT2D eigenvalue weighted by Gasteiger charge is 2.19. The number of aromatic nitrogens is 1. The minimum atomic E-state index is 0.0514. The summed E-state index contributed by atoms with van der Waals surface area (Å²) < 4.78 is 0. The van der Waals surface area contributed by atoms with E-state index in [-0.39, 0.29) is 5.91 Å². The van der Waals surface area contributed by atoms with Crippen molar-refractivity contribution in [1.82, 2.24) is 9.88 Å². The number of carbonyl (C=O) groups excluding carboxylic acids is 1. The van der Waals surface area contributed by atoms with E-state index in [4.69, 9.17) is 0 Å². The number of thioether (sulfide) groups is 1. The maximum atomic E-state index is 12.6. The Balaban J connectivity index is 1.25. The Hall–Kier alpha value is -2.83. The topological polar surface area (TPSA) is 48.5 Å². The number of hydrogen-bond acceptors (Lipinski definition) is 5. The Morgan fingerprint density at radius 1 is 0.939 bits per heavy atom. The first-order valence-electron chi connectivity index (χ1n) is 11.6. The van der Waals surface area contributed by atoms with Crippen LogP contribution in [0.5, 0.6) is 0 Å². The zero-order valence-corrected chi connectivity index (χ0v) is 20.1. The number of amides is 1. The normalized spacial score (nSPS) is 14.3. The molecule has 0 aliphatic carbocycles. The van der Waals surface area contributed by atoms with E-state index in [2.05, 4.69) is 69.5 Å². The van der Waals surface area contributed by atoms with Gasteiger partial charge >= 0.3 is 0 Å². The smallest absolute Gasteiger partial charge is 0.234 e. The summed E-state index contributed by atoms with van der Waals surface area (Å²) in [4.78, 5) is 21.6. The lowest BCUT2D eigenvalue weighted by molar-refractivity contribution is -0.113. The summed E-state index contributed by atoms with van der Waals surface area (Å²) in [6.45, 7) is 7.13. The number of para-hydroxylation sites is 2. The number of benzene rings is 2. The lowest BCUT2D eigenvalue weighted by Gasteiger charge is -2.37. The summed E-state index contributed by atoms with van der Waals surface area (Å²) in [5.41, 5.74) is 5.86. The van der Waals surface area contributed by atoms with Crippen molar-refractivity contribution >= 4 is 29.0 Å². The Morgan fingerprint density at radius 2 is 1.67 bits per heavy atom. The Morgan fingerprint density at radius 3 is 2.42 bits per heavy atom. The first-order valence-corrected chi connectivity index (χ1v) is 12.7. The van der Waals surface area contributed by atoms with Crippen molar-refractivity contribution < 1.29 is 4.79 Å². The van der Waals surface area contributed by atoms with Crippen LogP contribution in [0.25, 0.3) is 0 Å². The molecule has 1 fully saturated rings. The summed E-state index contributed by atoms with van der Waals surface area (Å²) >= 11 is 1.65. The van der Waals surface area contributed by atoms with Crippen molar-refractivity contribution in [2.45, 2.75) is 19.1 Å². The van der Waals surface area contributed by atoms with Gasteiger partial charge in [0.1, 0.15) is 0 Å². The Bertz CT molecular complexity index is 1020. The van der Waals surface area contributed by atoms with Gasteiger partial charge in [-0.1, -0.05) is 42.0 Å². The number of aryl methyl sites for hydroxylation is 1. The molecule has 0 bridgehead atoms. The summed E-state index contributed by atoms with van der Waals surface area (Å²) in [6, 6.07) is 20.8. The van der Waals surface area contributed by atoms with Crippen LogP contribution in [-0.2, 0) is 17.0 Å². The SMILES string of the molecule is Cc1ccc(CSCC(=O)Nc2ccccc2N2CCN(CCc3ccncc3)CC2)cc1. The Kier molecular flexibility index (Phi) is 8.39. The highest BCUT2D eigenvalue weighted by atomic mass is 32.2. The molecule has 3 aromatic rings. The average Bonchev–Trinajstić information content (AvgIpc) is 2.85. The van der Waals surface area contributed by atoms with E-state index in [1.165, 1.54) is 16.7 Å². The second kappa shape index (κ2) is 11.9. The average molecular weight is 461 g/mol. The van der Waals surface area contributed by atoms with E-state index in [0.29, 0.717) is 5.75 Å². The Labute approximate surface area is 201 Å². The number of anilines is 2. The van der Waals surface area contributed by atoms with E-state index in [1.807, 2.05) is 30.6 Å². The largest absolute Gasteiger partial charge is 0.367 e. The molecule has 172 valence electrons. The minimum absolute atomic E-state index is 0.0514. The fourth-order valence-electron chi connectivity index (χ4n) is 4.04. The van der Waals surface area contributed by atoms with E-state index in [9.17, 15) is 4.79 Å². The van der Waals surface area contributed by atoms with Crippen molar-refractivity contribution in [2.24, 2.45) is 0 Å². The third-order valence-corrected chi connectivity index (χ3v) is 6.98. The van der Waals surface area contributed by atoms with E-state index >= 15 is 0 Å². The number of nitrogens with zero attached hydrogens (tertiary/aromatic N) is 3. The fourth-order valence-corrected chi connectivity index (χ4v) is 4.82. The molecular weight excluding hydrogens is 428 g/mol. The van der Waals surface area contributed by atoms with Crippen LogP contribution < -0.4 is 10.2 Å². The van der Waals surface area contributed by atoms with Crippen LogP contribution >= 0.6 is 11.8 Å². The predicted molar refractivity (Wildman–Crippen MR) is 139 cm³/mol. The number of piperazine rings is 1. The molecule has 6 heteroatoms. The van der Waals surface area contributed by atoms with Gasteiger partial charge in [-0.25, -0.2) is 0 Å². The molecule has 1 saturated heterocycles. The van der Waals surface area contributed by atoms with Gasteiger partial charge in [0, 0.05) is 50.9 Å². The summed E-state index contributed by atoms with van der Waals surface area (Å²) in [5, 5.41) is 3.14. The van der Waals surface area contributed by atoms with Gasteiger partial charge in [0.15, 0.2) is 0 Å². The minimum Gasteiger partial charge on any atom is -0.367 e. The highest BCUT2D eigenvalue weighted by molar-refractivity contribution is 7.99. The van der Waals surface area contributed by atoms with Gasteiger partial charge in [-0.2, -0.15) is 0 Å². The molecule has 0 saturated carbocycles. The number of hydrogen-bond donors (Lipinski definition) is 1. The van der Waals surface area contributed by atoms with Crippen molar-refractivity contribution in [2.75, 3.05) is 48.7 Å². The number of nitrogens with one attached hydrogen (secondary N) is 1. The number of rotatable bonds is 9. The molecule has 0 atom stereocenters. The first kappa shape index (κ1) is 23.3. The molecule has 0 radical (unpaired) electrons. The van der Waals surface area contributed by atoms with Crippen molar-refractivity contribution in [1.29, 1.82) is 0 Å². The monoisotopic (exact) mass is 460 g/mol. The zero-order chi connectivity index (χ0) is 22.9. The third-order valence-electron chi connectivity index (χ3n) is 5.98. The predicted octanol–water partition coefficient (Wildman–Crippen LogP) is 4.63. The van der Waals surface area contributed by atoms with E-state index < -0.39 is 0 Å². The van der Waals surface area contributed by atoms with Gasteiger partial charge in [-0.05, 0) is 48.7 Å². The summed E-state index contributed by atoms with van der Waals surface area (Å²) in [6.07, 6.45) is 4.77. The van der Waals surface area contributed by atoms with Crippen molar-refractivity contribution in [3.05, 3.63) is 89.7 Å². The van der Waals surface area contributed by atoms with Gasteiger partial charge in [0.2, 0.25) is 5.91 Å². The molecule has 2 aromatic carbocycles. The second-order valence-electron chi connectivity index (χ2n) is 8.48. The molecule has 5 nitrogen and oxygen atoms in total. The molecule has 1 N–H and O–H groups in total. The molecule has 33 heavy (non-hydrogen) atoms. The van der Waals surface area contributed by atoms with Crippen molar-refractivity contribution in [3.8, 4) is 0 Å². The van der Waals surface area contributed by atoms with Gasteiger partial charge < -0.3 is 10.2 Å². The zero-order valence-electron chi connectivity index (χ0n) is 19.2. The van der Waals surface area contributed by atoms with Gasteiger partial charge in [-0.15, -0.1) is 11.8 Å². The van der Waals surface area contributed by atoms with Crippen LogP contribution in [0.4, 0.5) is 11.4 Å². The number of carbonyl (C=O) groups is 1. The van der Waals surface area contributed by atoms with Crippen LogP contribution in [0.3, 0.4) is 0 Å². The van der Waals surface area contributed by atoms with E-state index in [1.54, 1.807) is 11.8 Å². The molecule has 0 unspecified atom stereocenters. The maximum absolute atomic E-state index is 12.6. The van der Waals surface area contributed by atoms with Crippen molar-refractivity contribution in [3.63, 3.8) is 0 Å². The molecule has 1 amide bonds. The van der Waals surface area contributed by atoms with Gasteiger partial charge in [0.05, 0.1) is 17.1 Å². The lowest BCUT2D eigenvalue weighted by atomic mass is 10.1. The van der Waals surface area contributed by atoms with Crippen LogP contribution in [-0.4, -0.2) is 54.3 Å². The second-order valence-corrected chi connectivity index (χ2v) is 9.46. The van der Waals surface area contributed by atoms with Crippen LogP contribution in [0.15, 0.2) is 73.1 Å². The quantitative estimate of drug-likeness (QED) is 0.505. The first-order chi connectivity index (χ1) is 16.2. The molecular formula is C27H32N4OS. The summed E-state index contributed by atoms with van der Waals surface area (Å²) in [5.74, 6) is 1.34. The molecule has 0 spiro atoms. The molecule has 1 aliphatic heterocycles. The van der Waals surface area contributed by atoms with Crippen LogP contribution in [0.2, 0.25) is 0 Å². The van der Waals surface area contributed by atoms with Gasteiger partial charge in [-0.3, -0.25) is 14.7 Å². The maximum Gasteiger partial charge on any atom is 0.234 e. The fraction of sp³-hybridized carbons (Fsp3) is 0.333. The number of pyridine rings is 1. The molecule has 4 rings (SSSR count). The molecule has 1 aromatic heterocycles. The summed E-state index contributed by atoms with van der Waals surface area (Å²) in [7, 11) is 0. The molecule has 1 aliphatic rings. The van der Waals surface area contributed by atoms with Gasteiger partial charge in [0.25, 0.3) is 0 Å². The van der Waals surface area contributed by atoms with E-state index in [0.717, 1.165) is 56.3 Å². The van der Waals surface area contributed by atoms with Crippen LogP contribution in [0.1, 0.15) is 16.7 Å². The third kappa shape index (κ3) is 7.07. The highest BCUT2D eigenvalue weighted by Crippen LogP contribution is 2.27. The van der Waals surface area contributed by atoms with Crippen LogP contribution in [0, 0.1) is 6.92 Å². The lowest BCUT2D eigenvalue weighted by Crippen LogP contribution is -2.47.